The Bertz CT molecular complexity index is 555. The van der Waals surface area contributed by atoms with Crippen LogP contribution >= 0.6 is 11.6 Å². The Morgan fingerprint density at radius 3 is 2.55 bits per heavy atom. The van der Waals surface area contributed by atoms with Gasteiger partial charge in [0.2, 0.25) is 0 Å². The van der Waals surface area contributed by atoms with Gasteiger partial charge >= 0.3 is 0 Å². The molecule has 0 bridgehead atoms. The first-order valence-electron chi connectivity index (χ1n) is 6.53. The molecule has 20 heavy (non-hydrogen) atoms. The average molecular weight is 292 g/mol. The van der Waals surface area contributed by atoms with Crippen LogP contribution in [0.3, 0.4) is 0 Å². The van der Waals surface area contributed by atoms with E-state index in [9.17, 15) is 0 Å². The van der Waals surface area contributed by atoms with Gasteiger partial charge in [-0.2, -0.15) is 0 Å². The first kappa shape index (κ1) is 14.9. The first-order valence-corrected chi connectivity index (χ1v) is 6.91. The molecule has 0 saturated heterocycles. The fraction of sp³-hybridized carbons (Fsp3) is 0.250. The van der Waals surface area contributed by atoms with E-state index in [4.69, 9.17) is 21.4 Å². The summed E-state index contributed by atoms with van der Waals surface area (Å²) in [4.78, 5) is 0. The van der Waals surface area contributed by atoms with Gasteiger partial charge in [-0.3, -0.25) is 0 Å². The number of hydrogen-bond acceptors (Lipinski definition) is 3. The maximum absolute atomic E-state index is 8.89. The second-order valence-corrected chi connectivity index (χ2v) is 4.94. The minimum absolute atomic E-state index is 0.156. The third-order valence-corrected chi connectivity index (χ3v) is 3.18. The molecule has 2 N–H and O–H groups in total. The van der Waals surface area contributed by atoms with Gasteiger partial charge in [0, 0.05) is 23.7 Å². The van der Waals surface area contributed by atoms with Crippen LogP contribution in [0.15, 0.2) is 42.5 Å². The molecule has 0 unspecified atom stereocenters. The number of nitrogens with one attached hydrogen (secondary N) is 1. The monoisotopic (exact) mass is 291 g/mol. The zero-order chi connectivity index (χ0) is 14.4. The Balaban J connectivity index is 2.16. The summed E-state index contributed by atoms with van der Waals surface area (Å²) in [5, 5.41) is 12.7. The van der Waals surface area contributed by atoms with Crippen molar-refractivity contribution in [3.8, 4) is 11.5 Å². The van der Waals surface area contributed by atoms with Gasteiger partial charge in [0.05, 0.1) is 0 Å². The van der Waals surface area contributed by atoms with Gasteiger partial charge in [-0.1, -0.05) is 23.7 Å². The highest BCUT2D eigenvalue weighted by Gasteiger charge is 2.05. The highest BCUT2D eigenvalue weighted by Crippen LogP contribution is 2.28. The summed E-state index contributed by atoms with van der Waals surface area (Å²) in [5.41, 5.74) is 2.10. The largest absolute Gasteiger partial charge is 0.457 e. The smallest absolute Gasteiger partial charge is 0.132 e. The molecule has 0 spiro atoms. The number of benzene rings is 2. The summed E-state index contributed by atoms with van der Waals surface area (Å²) in [7, 11) is 1.88. The molecule has 0 heterocycles. The first-order chi connectivity index (χ1) is 9.72. The SMILES string of the molecule is CNCc1cc(Cl)ccc1Oc1ccc(CCO)cc1. The third-order valence-electron chi connectivity index (χ3n) is 2.94. The van der Waals surface area contributed by atoms with Gasteiger partial charge in [-0.05, 0) is 49.4 Å². The van der Waals surface area contributed by atoms with Crippen molar-refractivity contribution >= 4 is 11.6 Å². The molecule has 0 aliphatic rings. The molecule has 2 aromatic rings. The lowest BCUT2D eigenvalue weighted by atomic mass is 10.1. The summed E-state index contributed by atoms with van der Waals surface area (Å²) < 4.78 is 5.89. The van der Waals surface area contributed by atoms with Crippen molar-refractivity contribution in [1.29, 1.82) is 0 Å². The molecular formula is C16H18ClNO2. The second-order valence-electron chi connectivity index (χ2n) is 4.50. The predicted octanol–water partition coefficient (Wildman–Crippen LogP) is 3.39. The molecule has 3 nitrogen and oxygen atoms in total. The van der Waals surface area contributed by atoms with Crippen LogP contribution in [0.1, 0.15) is 11.1 Å². The van der Waals surface area contributed by atoms with Gasteiger partial charge in [0.1, 0.15) is 11.5 Å². The number of aliphatic hydroxyl groups excluding tert-OH is 1. The summed E-state index contributed by atoms with van der Waals surface area (Å²) >= 11 is 6.00. The average Bonchev–Trinajstić information content (AvgIpc) is 2.44. The van der Waals surface area contributed by atoms with Gasteiger partial charge in [0.15, 0.2) is 0 Å². The Hall–Kier alpha value is -1.55. The minimum atomic E-state index is 0.156. The van der Waals surface area contributed by atoms with Crippen molar-refractivity contribution in [2.75, 3.05) is 13.7 Å². The number of hydrogen-bond donors (Lipinski definition) is 2. The van der Waals surface area contributed by atoms with Gasteiger partial charge in [0.25, 0.3) is 0 Å². The third kappa shape index (κ3) is 3.97. The van der Waals surface area contributed by atoms with E-state index >= 15 is 0 Å². The van der Waals surface area contributed by atoms with E-state index in [1.807, 2.05) is 49.5 Å². The molecular weight excluding hydrogens is 274 g/mol. The maximum Gasteiger partial charge on any atom is 0.132 e. The van der Waals surface area contributed by atoms with Crippen LogP contribution in [0.2, 0.25) is 5.02 Å². The van der Waals surface area contributed by atoms with Crippen molar-refractivity contribution in [2.24, 2.45) is 0 Å². The fourth-order valence-electron chi connectivity index (χ4n) is 1.96. The van der Waals surface area contributed by atoms with Crippen LogP contribution in [0.5, 0.6) is 11.5 Å². The molecule has 0 amide bonds. The van der Waals surface area contributed by atoms with Crippen LogP contribution in [0.4, 0.5) is 0 Å². The van der Waals surface area contributed by atoms with E-state index < -0.39 is 0 Å². The fourth-order valence-corrected chi connectivity index (χ4v) is 2.15. The van der Waals surface area contributed by atoms with E-state index in [1.165, 1.54) is 0 Å². The molecule has 0 fully saturated rings. The predicted molar refractivity (Wildman–Crippen MR) is 81.5 cm³/mol. The molecule has 0 radical (unpaired) electrons. The normalized spacial score (nSPS) is 10.6. The van der Waals surface area contributed by atoms with E-state index in [0.717, 1.165) is 22.6 Å². The summed E-state index contributed by atoms with van der Waals surface area (Å²) in [6.45, 7) is 0.849. The molecule has 0 aliphatic carbocycles. The van der Waals surface area contributed by atoms with Crippen LogP contribution in [-0.2, 0) is 13.0 Å². The van der Waals surface area contributed by atoms with Gasteiger partial charge in [-0.15, -0.1) is 0 Å². The molecule has 0 aliphatic heterocycles. The standard InChI is InChI=1S/C16H18ClNO2/c1-18-11-13-10-14(17)4-7-16(13)20-15-5-2-12(3-6-15)8-9-19/h2-7,10,18-19H,8-9,11H2,1H3. The quantitative estimate of drug-likeness (QED) is 0.857. The van der Waals surface area contributed by atoms with E-state index in [1.54, 1.807) is 0 Å². The molecule has 2 aromatic carbocycles. The zero-order valence-electron chi connectivity index (χ0n) is 11.4. The van der Waals surface area contributed by atoms with Crippen molar-refractivity contribution in [2.45, 2.75) is 13.0 Å². The van der Waals surface area contributed by atoms with Crippen molar-refractivity contribution in [1.82, 2.24) is 5.32 Å². The Morgan fingerprint density at radius 1 is 1.15 bits per heavy atom. The molecule has 0 saturated carbocycles. The van der Waals surface area contributed by atoms with Crippen LogP contribution in [-0.4, -0.2) is 18.8 Å². The zero-order valence-corrected chi connectivity index (χ0v) is 12.2. The van der Waals surface area contributed by atoms with Gasteiger partial charge in [-0.25, -0.2) is 0 Å². The summed E-state index contributed by atoms with van der Waals surface area (Å²) in [6.07, 6.45) is 0.659. The topological polar surface area (TPSA) is 41.5 Å². The number of rotatable bonds is 6. The van der Waals surface area contributed by atoms with Crippen molar-refractivity contribution in [3.63, 3.8) is 0 Å². The van der Waals surface area contributed by atoms with E-state index in [2.05, 4.69) is 5.32 Å². The van der Waals surface area contributed by atoms with Crippen LogP contribution in [0, 0.1) is 0 Å². The summed E-state index contributed by atoms with van der Waals surface area (Å²) in [6, 6.07) is 13.3. The Kier molecular flexibility index (Phi) is 5.41. The molecule has 2 rings (SSSR count). The second kappa shape index (κ2) is 7.29. The summed E-state index contributed by atoms with van der Waals surface area (Å²) in [5.74, 6) is 1.56. The lowest BCUT2D eigenvalue weighted by molar-refractivity contribution is 0.299. The molecule has 0 atom stereocenters. The minimum Gasteiger partial charge on any atom is -0.457 e. The molecule has 4 heteroatoms. The Morgan fingerprint density at radius 2 is 1.90 bits per heavy atom. The lowest BCUT2D eigenvalue weighted by Gasteiger charge is -2.12. The highest BCUT2D eigenvalue weighted by molar-refractivity contribution is 6.30. The number of halogens is 1. The van der Waals surface area contributed by atoms with E-state index in [0.29, 0.717) is 18.0 Å². The lowest BCUT2D eigenvalue weighted by Crippen LogP contribution is -2.06. The highest BCUT2D eigenvalue weighted by atomic mass is 35.5. The van der Waals surface area contributed by atoms with Crippen LogP contribution < -0.4 is 10.1 Å². The van der Waals surface area contributed by atoms with E-state index in [-0.39, 0.29) is 6.61 Å². The maximum atomic E-state index is 8.89. The van der Waals surface area contributed by atoms with Crippen molar-refractivity contribution < 1.29 is 9.84 Å². The number of aliphatic hydroxyl groups is 1. The number of ether oxygens (including phenoxy) is 1. The molecule has 0 aromatic heterocycles. The van der Waals surface area contributed by atoms with Gasteiger partial charge < -0.3 is 15.2 Å². The van der Waals surface area contributed by atoms with Crippen molar-refractivity contribution in [3.05, 3.63) is 58.6 Å². The Labute approximate surface area is 124 Å². The van der Waals surface area contributed by atoms with Crippen LogP contribution in [0.25, 0.3) is 0 Å². The molecule has 106 valence electrons.